The van der Waals surface area contributed by atoms with E-state index in [9.17, 15) is 9.59 Å². The van der Waals surface area contributed by atoms with E-state index in [1.807, 2.05) is 6.26 Å². The van der Waals surface area contributed by atoms with Gasteiger partial charge in [-0.2, -0.15) is 11.8 Å². The van der Waals surface area contributed by atoms with Crippen LogP contribution in [0.15, 0.2) is 4.52 Å². The third-order valence-corrected chi connectivity index (χ3v) is 3.86. The summed E-state index contributed by atoms with van der Waals surface area (Å²) in [6.07, 6.45) is 2.63. The highest BCUT2D eigenvalue weighted by Crippen LogP contribution is 2.19. The first-order valence-electron chi connectivity index (χ1n) is 6.07. The number of carbonyl (C=O) groups excluding carboxylic acids is 2. The summed E-state index contributed by atoms with van der Waals surface area (Å²) >= 11 is 1.66. The van der Waals surface area contributed by atoms with Crippen LogP contribution in [0.25, 0.3) is 0 Å². The second-order valence-electron chi connectivity index (χ2n) is 4.51. The molecular weight excluding hydrogens is 266 g/mol. The minimum atomic E-state index is -0.402. The van der Waals surface area contributed by atoms with Gasteiger partial charge < -0.3 is 9.84 Å². The summed E-state index contributed by atoms with van der Waals surface area (Å²) in [5.74, 6) is 1.32. The number of hydrogen-bond donors (Lipinski definition) is 1. The maximum atomic E-state index is 12.2. The van der Waals surface area contributed by atoms with E-state index in [0.717, 1.165) is 11.3 Å². The molecule has 19 heavy (non-hydrogen) atoms. The molecule has 3 amide bonds. The third kappa shape index (κ3) is 2.75. The van der Waals surface area contributed by atoms with Crippen molar-refractivity contribution < 1.29 is 14.1 Å². The standard InChI is InChI=1S/C12H17N3O3S/c1-7-9(8(2)18-14-7)6-15-11(16)10(4-5-19-3)13-12(15)17/h10H,4-6H2,1-3H3,(H,13,17). The average molecular weight is 283 g/mol. The summed E-state index contributed by atoms with van der Waals surface area (Å²) in [6.45, 7) is 3.80. The third-order valence-electron chi connectivity index (χ3n) is 3.22. The van der Waals surface area contributed by atoms with Crippen LogP contribution in [0.2, 0.25) is 0 Å². The van der Waals surface area contributed by atoms with Gasteiger partial charge in [-0.1, -0.05) is 5.16 Å². The van der Waals surface area contributed by atoms with Gasteiger partial charge in [0.05, 0.1) is 12.2 Å². The van der Waals surface area contributed by atoms with Crippen molar-refractivity contribution in [3.8, 4) is 0 Å². The lowest BCUT2D eigenvalue weighted by molar-refractivity contribution is -0.127. The fourth-order valence-corrected chi connectivity index (χ4v) is 2.52. The van der Waals surface area contributed by atoms with Crippen molar-refractivity contribution in [3.05, 3.63) is 17.0 Å². The molecule has 2 heterocycles. The van der Waals surface area contributed by atoms with Crippen LogP contribution in [0.1, 0.15) is 23.4 Å². The first-order valence-corrected chi connectivity index (χ1v) is 7.46. The molecule has 0 bridgehead atoms. The van der Waals surface area contributed by atoms with Crippen molar-refractivity contribution in [2.24, 2.45) is 0 Å². The van der Waals surface area contributed by atoms with E-state index in [0.29, 0.717) is 17.9 Å². The summed E-state index contributed by atoms with van der Waals surface area (Å²) in [6, 6.07) is -0.739. The van der Waals surface area contributed by atoms with E-state index >= 15 is 0 Å². The number of rotatable bonds is 5. The fourth-order valence-electron chi connectivity index (χ4n) is 2.04. The van der Waals surface area contributed by atoms with E-state index in [1.165, 1.54) is 4.90 Å². The highest BCUT2D eigenvalue weighted by molar-refractivity contribution is 7.98. The van der Waals surface area contributed by atoms with Crippen molar-refractivity contribution in [2.45, 2.75) is 32.9 Å². The number of nitrogens with zero attached hydrogens (tertiary/aromatic N) is 2. The van der Waals surface area contributed by atoms with Gasteiger partial charge in [0.25, 0.3) is 5.91 Å². The number of nitrogens with one attached hydrogen (secondary N) is 1. The maximum Gasteiger partial charge on any atom is 0.325 e. The largest absolute Gasteiger partial charge is 0.361 e. The molecule has 0 radical (unpaired) electrons. The van der Waals surface area contributed by atoms with Crippen LogP contribution < -0.4 is 5.32 Å². The Hall–Kier alpha value is -1.50. The summed E-state index contributed by atoms with van der Waals surface area (Å²) in [4.78, 5) is 25.2. The smallest absolute Gasteiger partial charge is 0.325 e. The molecular formula is C12H17N3O3S. The molecule has 7 heteroatoms. The van der Waals surface area contributed by atoms with Crippen LogP contribution in [0.4, 0.5) is 4.79 Å². The van der Waals surface area contributed by atoms with E-state index in [1.54, 1.807) is 25.6 Å². The fraction of sp³-hybridized carbons (Fsp3) is 0.583. The monoisotopic (exact) mass is 283 g/mol. The zero-order chi connectivity index (χ0) is 14.0. The zero-order valence-electron chi connectivity index (χ0n) is 11.2. The Morgan fingerprint density at radius 1 is 1.42 bits per heavy atom. The first kappa shape index (κ1) is 13.9. The highest BCUT2D eigenvalue weighted by atomic mass is 32.2. The van der Waals surface area contributed by atoms with Crippen LogP contribution in [-0.4, -0.2) is 40.0 Å². The summed E-state index contributed by atoms with van der Waals surface area (Å²) in [7, 11) is 0. The van der Waals surface area contributed by atoms with Gasteiger partial charge in [-0.05, 0) is 32.3 Å². The van der Waals surface area contributed by atoms with E-state index in [-0.39, 0.29) is 18.5 Å². The van der Waals surface area contributed by atoms with Crippen molar-refractivity contribution in [2.75, 3.05) is 12.0 Å². The van der Waals surface area contributed by atoms with E-state index in [4.69, 9.17) is 4.52 Å². The lowest BCUT2D eigenvalue weighted by Gasteiger charge is -2.12. The van der Waals surface area contributed by atoms with Gasteiger partial charge in [-0.25, -0.2) is 4.79 Å². The lowest BCUT2D eigenvalue weighted by Crippen LogP contribution is -2.31. The number of imide groups is 1. The number of hydrogen-bond acceptors (Lipinski definition) is 5. The zero-order valence-corrected chi connectivity index (χ0v) is 12.0. The second-order valence-corrected chi connectivity index (χ2v) is 5.50. The Labute approximate surface area is 115 Å². The Kier molecular flexibility index (Phi) is 4.14. The second kappa shape index (κ2) is 5.64. The quantitative estimate of drug-likeness (QED) is 0.828. The van der Waals surface area contributed by atoms with Gasteiger partial charge in [0.1, 0.15) is 11.8 Å². The van der Waals surface area contributed by atoms with Crippen molar-refractivity contribution in [1.82, 2.24) is 15.4 Å². The van der Waals surface area contributed by atoms with Crippen molar-refractivity contribution >= 4 is 23.7 Å². The summed E-state index contributed by atoms with van der Waals surface area (Å²) < 4.78 is 5.04. The molecule has 1 aromatic heterocycles. The van der Waals surface area contributed by atoms with Gasteiger partial charge in [0, 0.05) is 5.56 Å². The predicted octanol–water partition coefficient (Wildman–Crippen LogP) is 1.46. The molecule has 6 nitrogen and oxygen atoms in total. The molecule has 1 unspecified atom stereocenters. The minimum absolute atomic E-state index is 0.168. The van der Waals surface area contributed by atoms with E-state index < -0.39 is 6.04 Å². The van der Waals surface area contributed by atoms with Crippen LogP contribution in [-0.2, 0) is 11.3 Å². The molecule has 1 aliphatic rings. The number of aryl methyl sites for hydroxylation is 2. The Balaban J connectivity index is 2.09. The van der Waals surface area contributed by atoms with Crippen molar-refractivity contribution in [1.29, 1.82) is 0 Å². The van der Waals surface area contributed by atoms with Crippen LogP contribution in [0.5, 0.6) is 0 Å². The molecule has 2 rings (SSSR count). The number of carbonyl (C=O) groups is 2. The molecule has 1 fully saturated rings. The normalized spacial score (nSPS) is 19.1. The Morgan fingerprint density at radius 2 is 2.16 bits per heavy atom. The topological polar surface area (TPSA) is 75.4 Å². The molecule has 1 aliphatic heterocycles. The maximum absolute atomic E-state index is 12.2. The molecule has 0 spiro atoms. The van der Waals surface area contributed by atoms with E-state index in [2.05, 4.69) is 10.5 Å². The SMILES string of the molecule is CSCCC1NC(=O)N(Cc2c(C)noc2C)C1=O. The van der Waals surface area contributed by atoms with Gasteiger partial charge in [0.2, 0.25) is 0 Å². The number of thioether (sulfide) groups is 1. The molecule has 1 aromatic rings. The molecule has 0 saturated carbocycles. The molecule has 0 aromatic carbocycles. The molecule has 104 valence electrons. The van der Waals surface area contributed by atoms with Crippen molar-refractivity contribution in [3.63, 3.8) is 0 Å². The minimum Gasteiger partial charge on any atom is -0.361 e. The van der Waals surface area contributed by atoms with Gasteiger partial charge >= 0.3 is 6.03 Å². The molecule has 1 N–H and O–H groups in total. The Morgan fingerprint density at radius 3 is 2.74 bits per heavy atom. The number of amides is 3. The summed E-state index contributed by atoms with van der Waals surface area (Å²) in [5, 5.41) is 6.54. The predicted molar refractivity (Wildman–Crippen MR) is 71.8 cm³/mol. The van der Waals surface area contributed by atoms with Crippen LogP contribution in [0.3, 0.4) is 0 Å². The van der Waals surface area contributed by atoms with Crippen LogP contribution >= 0.6 is 11.8 Å². The Bertz CT molecular complexity index is 481. The molecule has 0 aliphatic carbocycles. The first-order chi connectivity index (χ1) is 9.04. The number of urea groups is 1. The van der Waals surface area contributed by atoms with Gasteiger partial charge in [-0.3, -0.25) is 9.69 Å². The van der Waals surface area contributed by atoms with Crippen LogP contribution in [0, 0.1) is 13.8 Å². The average Bonchev–Trinajstić information content (AvgIpc) is 2.83. The molecule has 1 atom stereocenters. The summed E-state index contributed by atoms with van der Waals surface area (Å²) in [5.41, 5.74) is 1.51. The molecule has 1 saturated heterocycles. The number of aromatic nitrogens is 1. The highest BCUT2D eigenvalue weighted by Gasteiger charge is 2.38. The lowest BCUT2D eigenvalue weighted by atomic mass is 10.2. The van der Waals surface area contributed by atoms with Gasteiger partial charge in [-0.15, -0.1) is 0 Å². The van der Waals surface area contributed by atoms with Gasteiger partial charge in [0.15, 0.2) is 0 Å².